The van der Waals surface area contributed by atoms with E-state index in [0.717, 1.165) is 32.9 Å². The number of halogens is 1. The number of hydrogen-bond acceptors (Lipinski definition) is 1. The molecule has 2 heterocycles. The van der Waals surface area contributed by atoms with E-state index in [1.165, 1.54) is 19.3 Å². The molecule has 0 N–H and O–H groups in total. The van der Waals surface area contributed by atoms with Gasteiger partial charge in [0.1, 0.15) is 0 Å². The average Bonchev–Trinajstić information content (AvgIpc) is 3.11. The Morgan fingerprint density at radius 1 is 0.679 bits per heavy atom. The maximum absolute atomic E-state index is 13.6. The Morgan fingerprint density at radius 2 is 1.54 bits per heavy atom. The summed E-state index contributed by atoms with van der Waals surface area (Å²) in [5, 5.41) is 5.80. The van der Waals surface area contributed by atoms with Gasteiger partial charge in [0.15, 0.2) is 0 Å². The van der Waals surface area contributed by atoms with E-state index in [1.807, 2.05) is 24.3 Å². The molecule has 0 aliphatic heterocycles. The summed E-state index contributed by atoms with van der Waals surface area (Å²) in [5.74, 6) is -0.186. The van der Waals surface area contributed by atoms with Gasteiger partial charge in [-0.2, -0.15) is 0 Å². The molecule has 0 aliphatic carbocycles. The van der Waals surface area contributed by atoms with Crippen LogP contribution in [0.25, 0.3) is 52.2 Å². The van der Waals surface area contributed by atoms with Crippen LogP contribution in [-0.2, 0) is 0 Å². The van der Waals surface area contributed by atoms with E-state index in [9.17, 15) is 4.39 Å². The number of hydrogen-bond donors (Lipinski definition) is 0. The molecule has 0 bridgehead atoms. The van der Waals surface area contributed by atoms with Crippen LogP contribution in [-0.4, -0.2) is 19.5 Å². The van der Waals surface area contributed by atoms with Gasteiger partial charge in [0.25, 0.3) is 0 Å². The van der Waals surface area contributed by atoms with Crippen molar-refractivity contribution in [1.29, 1.82) is 0 Å². The van der Waals surface area contributed by atoms with Crippen LogP contribution in [0.2, 0.25) is 0 Å². The normalized spacial score (nSPS) is 11.8. The van der Waals surface area contributed by atoms with Crippen molar-refractivity contribution in [2.24, 2.45) is 0 Å². The summed E-state index contributed by atoms with van der Waals surface area (Å²) >= 11 is 0.250. The molecule has 6 rings (SSSR count). The van der Waals surface area contributed by atoms with Crippen LogP contribution < -0.4 is 0 Å². The Balaban J connectivity index is 1.59. The van der Waals surface area contributed by atoms with Gasteiger partial charge in [-0.1, -0.05) is 0 Å². The fraction of sp³-hybridized carbons (Fsp3) is 0. The third kappa shape index (κ3) is 2.41. The monoisotopic (exact) mass is 427 g/mol. The Hall–Kier alpha value is -3.00. The molecule has 28 heavy (non-hydrogen) atoms. The van der Waals surface area contributed by atoms with Gasteiger partial charge < -0.3 is 0 Å². The van der Waals surface area contributed by atoms with Crippen molar-refractivity contribution in [1.82, 2.24) is 4.98 Å². The fourth-order valence-corrected chi connectivity index (χ4v) is 6.40. The van der Waals surface area contributed by atoms with E-state index in [-0.39, 0.29) is 20.3 Å². The van der Waals surface area contributed by atoms with E-state index < -0.39 is 0 Å². The molecule has 2 aromatic heterocycles. The molecule has 0 amide bonds. The molecule has 0 saturated carbocycles. The topological polar surface area (TPSA) is 12.9 Å². The van der Waals surface area contributed by atoms with E-state index in [1.54, 1.807) is 12.1 Å². The van der Waals surface area contributed by atoms with E-state index >= 15 is 0 Å². The van der Waals surface area contributed by atoms with Gasteiger partial charge >= 0.3 is 167 Å². The maximum atomic E-state index is 13.6. The molecule has 0 saturated heterocycles. The van der Waals surface area contributed by atoms with Gasteiger partial charge in [0, 0.05) is 0 Å². The third-order valence-corrected chi connectivity index (χ3v) is 7.65. The Bertz CT molecular complexity index is 1530. The van der Waals surface area contributed by atoms with Crippen LogP contribution in [0.15, 0.2) is 84.9 Å². The molecule has 0 unspecified atom stereocenters. The fourth-order valence-electron chi connectivity index (χ4n) is 3.96. The Labute approximate surface area is 166 Å². The second kappa shape index (κ2) is 6.00. The zero-order chi connectivity index (χ0) is 18.7. The van der Waals surface area contributed by atoms with E-state index in [4.69, 9.17) is 4.98 Å². The van der Waals surface area contributed by atoms with Gasteiger partial charge in [-0.25, -0.2) is 0 Å². The summed E-state index contributed by atoms with van der Waals surface area (Å²) < 4.78 is 16.4. The van der Waals surface area contributed by atoms with E-state index in [0.29, 0.717) is 0 Å². The molecule has 6 aromatic rings. The number of nitrogens with zero attached hydrogens (tertiary/aromatic N) is 1. The Morgan fingerprint density at radius 3 is 2.50 bits per heavy atom. The first kappa shape index (κ1) is 16.0. The zero-order valence-electron chi connectivity index (χ0n) is 14.8. The summed E-state index contributed by atoms with van der Waals surface area (Å²) in [4.78, 5) is 4.84. The van der Waals surface area contributed by atoms with Crippen LogP contribution in [0.4, 0.5) is 4.39 Å². The molecule has 3 heteroatoms. The summed E-state index contributed by atoms with van der Waals surface area (Å²) in [5.41, 5.74) is 3.16. The molecule has 0 radical (unpaired) electrons. The number of fused-ring (bicyclic) bond motifs is 6. The molecule has 0 atom stereocenters. The quantitative estimate of drug-likeness (QED) is 0.272. The van der Waals surface area contributed by atoms with Crippen molar-refractivity contribution < 1.29 is 4.39 Å². The predicted octanol–water partition coefficient (Wildman–Crippen LogP) is 6.56. The molecule has 0 aliphatic rings. The first-order valence-electron chi connectivity index (χ1n) is 9.17. The minimum atomic E-state index is -0.186. The SMILES string of the molecule is Fc1ccc2c(ccc3[se]c4cc(-c5ccc6ccccc6n5)ccc4c32)c1. The predicted molar refractivity (Wildman–Crippen MR) is 117 cm³/mol. The molecule has 4 aromatic carbocycles. The van der Waals surface area contributed by atoms with Crippen molar-refractivity contribution >= 4 is 55.5 Å². The van der Waals surface area contributed by atoms with Crippen molar-refractivity contribution in [2.45, 2.75) is 0 Å². The van der Waals surface area contributed by atoms with Gasteiger partial charge in [0.05, 0.1) is 0 Å². The molecular formula is C25H14FNSe. The summed E-state index contributed by atoms with van der Waals surface area (Å²) in [6.45, 7) is 0. The number of para-hydroxylation sites is 1. The number of benzene rings is 4. The van der Waals surface area contributed by atoms with Crippen LogP contribution in [0, 0.1) is 5.82 Å². The summed E-state index contributed by atoms with van der Waals surface area (Å²) in [6, 6.07) is 28.3. The minimum absolute atomic E-state index is 0.186. The van der Waals surface area contributed by atoms with Crippen LogP contribution in [0.5, 0.6) is 0 Å². The number of pyridine rings is 1. The number of rotatable bonds is 1. The standard InChI is InChI=1S/C25H14FNSe/c26-18-8-10-19-16(13-18)7-12-23-25(19)20-9-5-17(14-24(20)28-23)22-11-6-15-3-1-2-4-21(15)27-22/h1-14H. The van der Waals surface area contributed by atoms with Crippen molar-refractivity contribution in [3.8, 4) is 11.3 Å². The van der Waals surface area contributed by atoms with E-state index in [2.05, 4.69) is 48.5 Å². The molecule has 0 fully saturated rings. The first-order valence-corrected chi connectivity index (χ1v) is 10.9. The number of aromatic nitrogens is 1. The average molecular weight is 426 g/mol. The third-order valence-electron chi connectivity index (χ3n) is 5.31. The van der Waals surface area contributed by atoms with Gasteiger partial charge in [0.2, 0.25) is 0 Å². The van der Waals surface area contributed by atoms with Crippen LogP contribution in [0.1, 0.15) is 0 Å². The summed E-state index contributed by atoms with van der Waals surface area (Å²) in [6.07, 6.45) is 0. The zero-order valence-corrected chi connectivity index (χ0v) is 16.5. The van der Waals surface area contributed by atoms with Crippen molar-refractivity contribution in [3.05, 3.63) is 90.7 Å². The van der Waals surface area contributed by atoms with Crippen molar-refractivity contribution in [3.63, 3.8) is 0 Å². The van der Waals surface area contributed by atoms with Crippen LogP contribution in [0.3, 0.4) is 0 Å². The molecule has 132 valence electrons. The molecular weight excluding hydrogens is 412 g/mol. The molecule has 1 nitrogen and oxygen atoms in total. The van der Waals surface area contributed by atoms with Gasteiger partial charge in [-0.05, 0) is 0 Å². The van der Waals surface area contributed by atoms with Gasteiger partial charge in [-0.3, -0.25) is 0 Å². The van der Waals surface area contributed by atoms with Crippen molar-refractivity contribution in [2.75, 3.05) is 0 Å². The first-order chi connectivity index (χ1) is 13.8. The summed E-state index contributed by atoms with van der Waals surface area (Å²) in [7, 11) is 0. The second-order valence-corrected chi connectivity index (χ2v) is 9.28. The Kier molecular flexibility index (Phi) is 3.43. The second-order valence-electron chi connectivity index (χ2n) is 7.01. The van der Waals surface area contributed by atoms with Crippen LogP contribution >= 0.6 is 0 Å². The van der Waals surface area contributed by atoms with Gasteiger partial charge in [-0.15, -0.1) is 0 Å². The molecule has 0 spiro atoms.